The molecule has 1 aliphatic rings. The molecule has 2 unspecified atom stereocenters. The van der Waals surface area contributed by atoms with Crippen LogP contribution < -0.4 is 4.74 Å². The molecule has 1 aliphatic heterocycles. The van der Waals surface area contributed by atoms with E-state index in [1.54, 1.807) is 19.2 Å². The number of hydrogen-bond acceptors (Lipinski definition) is 2. The molecule has 2 atom stereocenters. The lowest BCUT2D eigenvalue weighted by molar-refractivity contribution is 0.103. The van der Waals surface area contributed by atoms with Crippen LogP contribution >= 0.6 is 34.8 Å². The molecular weight excluding hydrogens is 294 g/mol. The monoisotopic (exact) mass is 308 g/mol. The van der Waals surface area contributed by atoms with Crippen LogP contribution in [0, 0.1) is 0 Å². The quantitative estimate of drug-likeness (QED) is 0.740. The molecule has 0 N–H and O–H groups in total. The van der Waals surface area contributed by atoms with E-state index in [0.29, 0.717) is 15.8 Å². The van der Waals surface area contributed by atoms with Gasteiger partial charge in [0, 0.05) is 17.7 Å². The standard InChI is InChI=1S/C13H15Cl3O2/c1-17-13-7-11(15)9(6-12(13)16)10(14)5-8-3-2-4-18-8/h6-8,10H,2-5H2,1H3. The van der Waals surface area contributed by atoms with Gasteiger partial charge < -0.3 is 9.47 Å². The van der Waals surface area contributed by atoms with E-state index in [-0.39, 0.29) is 11.5 Å². The second kappa shape index (κ2) is 6.33. The third kappa shape index (κ3) is 3.24. The van der Waals surface area contributed by atoms with Crippen LogP contribution in [0.5, 0.6) is 5.75 Å². The number of benzene rings is 1. The highest BCUT2D eigenvalue weighted by molar-refractivity contribution is 6.35. The van der Waals surface area contributed by atoms with Crippen LogP contribution in [-0.2, 0) is 4.74 Å². The van der Waals surface area contributed by atoms with Crippen LogP contribution in [0.2, 0.25) is 10.0 Å². The zero-order valence-electron chi connectivity index (χ0n) is 10.1. The molecule has 0 aromatic heterocycles. The van der Waals surface area contributed by atoms with Gasteiger partial charge in [0.1, 0.15) is 5.75 Å². The molecule has 5 heteroatoms. The van der Waals surface area contributed by atoms with Crippen molar-refractivity contribution in [2.24, 2.45) is 0 Å². The van der Waals surface area contributed by atoms with Gasteiger partial charge in [-0.05, 0) is 30.9 Å². The minimum Gasteiger partial charge on any atom is -0.495 e. The summed E-state index contributed by atoms with van der Waals surface area (Å²) in [5.74, 6) is 0.561. The second-order valence-electron chi connectivity index (χ2n) is 4.35. The highest BCUT2D eigenvalue weighted by Gasteiger charge is 2.22. The molecule has 1 fully saturated rings. The van der Waals surface area contributed by atoms with E-state index < -0.39 is 0 Å². The van der Waals surface area contributed by atoms with E-state index in [9.17, 15) is 0 Å². The van der Waals surface area contributed by atoms with Crippen LogP contribution in [0.25, 0.3) is 0 Å². The van der Waals surface area contributed by atoms with E-state index in [2.05, 4.69) is 0 Å². The minimum absolute atomic E-state index is 0.191. The summed E-state index contributed by atoms with van der Waals surface area (Å²) in [6, 6.07) is 3.47. The van der Waals surface area contributed by atoms with Crippen LogP contribution in [0.4, 0.5) is 0 Å². The van der Waals surface area contributed by atoms with Gasteiger partial charge in [0.15, 0.2) is 0 Å². The lowest BCUT2D eigenvalue weighted by Crippen LogP contribution is -2.08. The summed E-state index contributed by atoms with van der Waals surface area (Å²) < 4.78 is 10.7. The average Bonchev–Trinajstić information content (AvgIpc) is 2.84. The summed E-state index contributed by atoms with van der Waals surface area (Å²) in [4.78, 5) is 0. The maximum atomic E-state index is 6.40. The largest absolute Gasteiger partial charge is 0.495 e. The molecule has 0 amide bonds. The van der Waals surface area contributed by atoms with Gasteiger partial charge in [-0.15, -0.1) is 11.6 Å². The Balaban J connectivity index is 2.13. The van der Waals surface area contributed by atoms with Gasteiger partial charge in [0.25, 0.3) is 0 Å². The second-order valence-corrected chi connectivity index (χ2v) is 5.69. The van der Waals surface area contributed by atoms with Crippen molar-refractivity contribution in [3.8, 4) is 5.75 Å². The smallest absolute Gasteiger partial charge is 0.138 e. The molecule has 0 radical (unpaired) electrons. The molecule has 100 valence electrons. The average molecular weight is 310 g/mol. The number of halogens is 3. The van der Waals surface area contributed by atoms with Crippen molar-refractivity contribution in [1.29, 1.82) is 0 Å². The first-order valence-corrected chi connectivity index (χ1v) is 7.09. The Hall–Kier alpha value is -0.150. The molecule has 18 heavy (non-hydrogen) atoms. The molecule has 0 saturated carbocycles. The first-order valence-electron chi connectivity index (χ1n) is 5.90. The van der Waals surface area contributed by atoms with Crippen molar-refractivity contribution < 1.29 is 9.47 Å². The van der Waals surface area contributed by atoms with E-state index in [1.165, 1.54) is 0 Å². The molecule has 0 spiro atoms. The maximum absolute atomic E-state index is 6.40. The van der Waals surface area contributed by atoms with Crippen molar-refractivity contribution in [3.63, 3.8) is 0 Å². The summed E-state index contributed by atoms with van der Waals surface area (Å²) >= 11 is 18.7. The summed E-state index contributed by atoms with van der Waals surface area (Å²) in [5, 5.41) is 0.910. The fraction of sp³-hybridized carbons (Fsp3) is 0.538. The van der Waals surface area contributed by atoms with Crippen LogP contribution in [0.15, 0.2) is 12.1 Å². The van der Waals surface area contributed by atoms with Gasteiger partial charge in [-0.3, -0.25) is 0 Å². The summed E-state index contributed by atoms with van der Waals surface area (Å²) in [6.45, 7) is 0.825. The van der Waals surface area contributed by atoms with Gasteiger partial charge in [0.05, 0.1) is 23.6 Å². The zero-order chi connectivity index (χ0) is 13.1. The third-order valence-electron chi connectivity index (χ3n) is 3.10. The number of methoxy groups -OCH3 is 1. The lowest BCUT2D eigenvalue weighted by atomic mass is 10.0. The summed E-state index contributed by atoms with van der Waals surface area (Å²) in [6.07, 6.45) is 3.14. The predicted octanol–water partition coefficient (Wildman–Crippen LogP) is 4.85. The third-order valence-corrected chi connectivity index (χ3v) is 4.14. The molecule has 0 bridgehead atoms. The van der Waals surface area contributed by atoms with Gasteiger partial charge >= 0.3 is 0 Å². The van der Waals surface area contributed by atoms with Crippen molar-refractivity contribution in [3.05, 3.63) is 27.7 Å². The molecule has 2 nitrogen and oxygen atoms in total. The van der Waals surface area contributed by atoms with Crippen molar-refractivity contribution in [2.45, 2.75) is 30.7 Å². The minimum atomic E-state index is -0.191. The first-order chi connectivity index (χ1) is 8.61. The van der Waals surface area contributed by atoms with E-state index in [4.69, 9.17) is 44.3 Å². The Morgan fingerprint density at radius 2 is 2.17 bits per heavy atom. The lowest BCUT2D eigenvalue weighted by Gasteiger charge is -2.17. The topological polar surface area (TPSA) is 18.5 Å². The Kier molecular flexibility index (Phi) is 5.02. The SMILES string of the molecule is COc1cc(Cl)c(C(Cl)CC2CCCO2)cc1Cl. The van der Waals surface area contributed by atoms with Crippen LogP contribution in [-0.4, -0.2) is 19.8 Å². The Morgan fingerprint density at radius 1 is 1.39 bits per heavy atom. The van der Waals surface area contributed by atoms with Gasteiger partial charge in [-0.2, -0.15) is 0 Å². The predicted molar refractivity (Wildman–Crippen MR) is 75.2 cm³/mol. The Labute approximate surface area is 122 Å². The van der Waals surface area contributed by atoms with Crippen molar-refractivity contribution >= 4 is 34.8 Å². The highest BCUT2D eigenvalue weighted by atomic mass is 35.5. The molecule has 1 heterocycles. The fourth-order valence-corrected chi connectivity index (χ4v) is 3.10. The number of rotatable bonds is 4. The summed E-state index contributed by atoms with van der Waals surface area (Å²) in [7, 11) is 1.56. The van der Waals surface area contributed by atoms with Crippen LogP contribution in [0.3, 0.4) is 0 Å². The Bertz CT molecular complexity index is 417. The van der Waals surface area contributed by atoms with Crippen molar-refractivity contribution in [1.82, 2.24) is 0 Å². The van der Waals surface area contributed by atoms with Crippen molar-refractivity contribution in [2.75, 3.05) is 13.7 Å². The Morgan fingerprint density at radius 3 is 2.78 bits per heavy atom. The number of hydrogen-bond donors (Lipinski definition) is 0. The normalized spacial score (nSPS) is 21.0. The summed E-state index contributed by atoms with van der Waals surface area (Å²) in [5.41, 5.74) is 0.833. The molecule has 1 aromatic rings. The van der Waals surface area contributed by atoms with Gasteiger partial charge in [-0.1, -0.05) is 23.2 Å². The first kappa shape index (κ1) is 14.3. The van der Waals surface area contributed by atoms with Gasteiger partial charge in [0.2, 0.25) is 0 Å². The highest BCUT2D eigenvalue weighted by Crippen LogP contribution is 2.39. The fourth-order valence-electron chi connectivity index (χ4n) is 2.13. The van der Waals surface area contributed by atoms with E-state index in [0.717, 1.165) is 31.4 Å². The maximum Gasteiger partial charge on any atom is 0.138 e. The molecule has 1 aromatic carbocycles. The molecule has 0 aliphatic carbocycles. The number of ether oxygens (including phenoxy) is 2. The van der Waals surface area contributed by atoms with Crippen LogP contribution in [0.1, 0.15) is 30.2 Å². The van der Waals surface area contributed by atoms with E-state index >= 15 is 0 Å². The van der Waals surface area contributed by atoms with Gasteiger partial charge in [-0.25, -0.2) is 0 Å². The number of alkyl halides is 1. The molecule has 1 saturated heterocycles. The zero-order valence-corrected chi connectivity index (χ0v) is 12.4. The molecular formula is C13H15Cl3O2. The van der Waals surface area contributed by atoms with E-state index in [1.807, 2.05) is 0 Å². The molecule has 2 rings (SSSR count).